The SMILES string of the molecule is Cc1ccc(/C(C#N)=C/c2ccc(-c3ccc([N+](=O)[O-])cc3Br)o2)cc1. The molecule has 1 aromatic heterocycles. The summed E-state index contributed by atoms with van der Waals surface area (Å²) in [5.74, 6) is 1.08. The van der Waals surface area contributed by atoms with Crippen LogP contribution in [0.25, 0.3) is 23.0 Å². The first-order chi connectivity index (χ1) is 12.5. The standard InChI is InChI=1S/C20H13BrN2O3/c1-13-2-4-14(5-3-13)15(12-22)10-17-7-9-20(26-17)18-8-6-16(23(24)25)11-19(18)21/h2-11H,1H3/b15-10+. The summed E-state index contributed by atoms with van der Waals surface area (Å²) < 4.78 is 6.37. The minimum atomic E-state index is -0.453. The number of allylic oxidation sites excluding steroid dienone is 1. The quantitative estimate of drug-likeness (QED) is 0.301. The Balaban J connectivity index is 1.93. The summed E-state index contributed by atoms with van der Waals surface area (Å²) in [6.07, 6.45) is 1.67. The summed E-state index contributed by atoms with van der Waals surface area (Å²) in [6, 6.07) is 17.9. The van der Waals surface area contributed by atoms with Crippen molar-refractivity contribution in [2.75, 3.05) is 0 Å². The summed E-state index contributed by atoms with van der Waals surface area (Å²) >= 11 is 3.34. The summed E-state index contributed by atoms with van der Waals surface area (Å²) in [5, 5.41) is 20.3. The Morgan fingerprint density at radius 3 is 2.54 bits per heavy atom. The third kappa shape index (κ3) is 3.73. The third-order valence-corrected chi connectivity index (χ3v) is 4.48. The summed E-state index contributed by atoms with van der Waals surface area (Å²) in [5.41, 5.74) is 3.12. The van der Waals surface area contributed by atoms with Crippen LogP contribution in [-0.4, -0.2) is 4.92 Å². The zero-order chi connectivity index (χ0) is 18.7. The van der Waals surface area contributed by atoms with Gasteiger partial charge in [0.05, 0.1) is 16.6 Å². The number of halogens is 1. The first-order valence-corrected chi connectivity index (χ1v) is 8.50. The number of hydrogen-bond acceptors (Lipinski definition) is 4. The van der Waals surface area contributed by atoms with E-state index < -0.39 is 4.92 Å². The predicted octanol–water partition coefficient (Wildman–Crippen LogP) is 5.99. The highest BCUT2D eigenvalue weighted by Crippen LogP contribution is 2.33. The third-order valence-electron chi connectivity index (χ3n) is 3.83. The van der Waals surface area contributed by atoms with Gasteiger partial charge in [-0.05, 0) is 52.7 Å². The van der Waals surface area contributed by atoms with Crippen molar-refractivity contribution in [2.45, 2.75) is 6.92 Å². The molecule has 0 amide bonds. The Hall–Kier alpha value is -3.17. The van der Waals surface area contributed by atoms with E-state index in [0.29, 0.717) is 27.1 Å². The second kappa shape index (κ2) is 7.38. The molecule has 0 saturated heterocycles. The first kappa shape index (κ1) is 17.6. The van der Waals surface area contributed by atoms with Crippen molar-refractivity contribution in [3.63, 3.8) is 0 Å². The molecule has 2 aromatic carbocycles. The molecule has 1 heterocycles. The van der Waals surface area contributed by atoms with Crippen LogP contribution in [0.3, 0.4) is 0 Å². The van der Waals surface area contributed by atoms with Gasteiger partial charge in [-0.3, -0.25) is 10.1 Å². The number of nitrogens with zero attached hydrogens (tertiary/aromatic N) is 2. The molecule has 0 spiro atoms. The van der Waals surface area contributed by atoms with Crippen molar-refractivity contribution in [2.24, 2.45) is 0 Å². The first-order valence-electron chi connectivity index (χ1n) is 7.71. The molecule has 0 aliphatic heterocycles. The van der Waals surface area contributed by atoms with Crippen LogP contribution >= 0.6 is 15.9 Å². The Morgan fingerprint density at radius 2 is 1.92 bits per heavy atom. The number of non-ortho nitro benzene ring substituents is 1. The molecule has 6 heteroatoms. The van der Waals surface area contributed by atoms with Crippen molar-refractivity contribution < 1.29 is 9.34 Å². The van der Waals surface area contributed by atoms with Crippen molar-refractivity contribution in [3.8, 4) is 17.4 Å². The molecule has 0 aliphatic rings. The van der Waals surface area contributed by atoms with E-state index in [1.165, 1.54) is 12.1 Å². The van der Waals surface area contributed by atoms with Gasteiger partial charge in [0, 0.05) is 22.2 Å². The average Bonchev–Trinajstić information content (AvgIpc) is 3.08. The van der Waals surface area contributed by atoms with E-state index >= 15 is 0 Å². The topological polar surface area (TPSA) is 80.1 Å². The fraction of sp³-hybridized carbons (Fsp3) is 0.0500. The number of nitro groups is 1. The molecule has 0 N–H and O–H groups in total. The van der Waals surface area contributed by atoms with E-state index in [4.69, 9.17) is 4.42 Å². The molecule has 3 aromatic rings. The lowest BCUT2D eigenvalue weighted by molar-refractivity contribution is -0.384. The van der Waals surface area contributed by atoms with Crippen LogP contribution in [0.1, 0.15) is 16.9 Å². The zero-order valence-corrected chi connectivity index (χ0v) is 15.4. The number of benzene rings is 2. The molecule has 128 valence electrons. The molecule has 5 nitrogen and oxygen atoms in total. The van der Waals surface area contributed by atoms with Crippen molar-refractivity contribution in [1.82, 2.24) is 0 Å². The maximum atomic E-state index is 10.8. The van der Waals surface area contributed by atoms with Gasteiger partial charge in [0.25, 0.3) is 5.69 Å². The molecule has 3 rings (SSSR count). The highest BCUT2D eigenvalue weighted by Gasteiger charge is 2.13. The summed E-state index contributed by atoms with van der Waals surface area (Å²) in [6.45, 7) is 1.99. The highest BCUT2D eigenvalue weighted by molar-refractivity contribution is 9.10. The summed E-state index contributed by atoms with van der Waals surface area (Å²) in [4.78, 5) is 10.4. The van der Waals surface area contributed by atoms with E-state index in [9.17, 15) is 15.4 Å². The van der Waals surface area contributed by atoms with Crippen LogP contribution in [0.2, 0.25) is 0 Å². The summed E-state index contributed by atoms with van der Waals surface area (Å²) in [7, 11) is 0. The van der Waals surface area contributed by atoms with Gasteiger partial charge in [-0.25, -0.2) is 0 Å². The van der Waals surface area contributed by atoms with Crippen LogP contribution in [0, 0.1) is 28.4 Å². The largest absolute Gasteiger partial charge is 0.457 e. The maximum Gasteiger partial charge on any atom is 0.270 e. The van der Waals surface area contributed by atoms with Crippen LogP contribution in [0.4, 0.5) is 5.69 Å². The predicted molar refractivity (Wildman–Crippen MR) is 103 cm³/mol. The van der Waals surface area contributed by atoms with E-state index in [1.807, 2.05) is 31.2 Å². The smallest absolute Gasteiger partial charge is 0.270 e. The highest BCUT2D eigenvalue weighted by atomic mass is 79.9. The zero-order valence-electron chi connectivity index (χ0n) is 13.8. The van der Waals surface area contributed by atoms with Gasteiger partial charge < -0.3 is 4.42 Å². The lowest BCUT2D eigenvalue weighted by Gasteiger charge is -2.01. The van der Waals surface area contributed by atoms with E-state index in [-0.39, 0.29) is 5.69 Å². The second-order valence-electron chi connectivity index (χ2n) is 5.66. The van der Waals surface area contributed by atoms with Crippen molar-refractivity contribution in [1.29, 1.82) is 5.26 Å². The van der Waals surface area contributed by atoms with Crippen LogP contribution in [0.5, 0.6) is 0 Å². The molecule has 0 unspecified atom stereocenters. The molecular weight excluding hydrogens is 396 g/mol. The minimum absolute atomic E-state index is 0.00145. The van der Waals surface area contributed by atoms with Crippen LogP contribution in [-0.2, 0) is 0 Å². The molecule has 0 bridgehead atoms. The molecule has 0 saturated carbocycles. The van der Waals surface area contributed by atoms with Gasteiger partial charge in [0.2, 0.25) is 0 Å². The number of rotatable bonds is 4. The molecule has 0 aliphatic carbocycles. The van der Waals surface area contributed by atoms with Gasteiger partial charge in [-0.1, -0.05) is 29.8 Å². The maximum absolute atomic E-state index is 10.8. The van der Waals surface area contributed by atoms with Gasteiger partial charge >= 0.3 is 0 Å². The number of furan rings is 1. The Bertz CT molecular complexity index is 1040. The van der Waals surface area contributed by atoms with E-state index in [0.717, 1.165) is 11.1 Å². The monoisotopic (exact) mass is 408 g/mol. The normalized spacial score (nSPS) is 11.2. The van der Waals surface area contributed by atoms with E-state index in [1.54, 1.807) is 24.3 Å². The Morgan fingerprint density at radius 1 is 1.19 bits per heavy atom. The number of aryl methyl sites for hydroxylation is 1. The van der Waals surface area contributed by atoms with Crippen molar-refractivity contribution >= 4 is 33.3 Å². The van der Waals surface area contributed by atoms with Gasteiger partial charge in [-0.2, -0.15) is 5.26 Å². The fourth-order valence-electron chi connectivity index (χ4n) is 2.45. The van der Waals surface area contributed by atoms with Crippen LogP contribution < -0.4 is 0 Å². The van der Waals surface area contributed by atoms with Gasteiger partial charge in [0.15, 0.2) is 0 Å². The molecule has 0 atom stereocenters. The van der Waals surface area contributed by atoms with E-state index in [2.05, 4.69) is 22.0 Å². The lowest BCUT2D eigenvalue weighted by atomic mass is 10.0. The molecule has 26 heavy (non-hydrogen) atoms. The minimum Gasteiger partial charge on any atom is -0.457 e. The molecule has 0 radical (unpaired) electrons. The second-order valence-corrected chi connectivity index (χ2v) is 6.51. The Kier molecular flexibility index (Phi) is 5.01. The number of nitriles is 1. The molecular formula is C20H13BrN2O3. The number of hydrogen-bond donors (Lipinski definition) is 0. The van der Waals surface area contributed by atoms with Crippen molar-refractivity contribution in [3.05, 3.63) is 86.1 Å². The lowest BCUT2D eigenvalue weighted by Crippen LogP contribution is -1.88. The Labute approximate surface area is 158 Å². The van der Waals surface area contributed by atoms with Crippen LogP contribution in [0.15, 0.2) is 63.5 Å². The average molecular weight is 409 g/mol. The van der Waals surface area contributed by atoms with Gasteiger partial charge in [-0.15, -0.1) is 0 Å². The van der Waals surface area contributed by atoms with Gasteiger partial charge in [0.1, 0.15) is 11.5 Å². The molecule has 0 fully saturated rings. The fourth-order valence-corrected chi connectivity index (χ4v) is 3.01. The number of nitro benzene ring substituents is 1.